The van der Waals surface area contributed by atoms with Crippen LogP contribution in [0.4, 0.5) is 0 Å². The maximum absolute atomic E-state index is 11.5. The molecule has 122 valence electrons. The molecule has 0 aromatic heterocycles. The minimum Gasteiger partial charge on any atom is -0.494 e. The molecule has 1 rings (SSSR count). The number of rotatable bonds is 10. The summed E-state index contributed by atoms with van der Waals surface area (Å²) in [5.74, 6) is -0.279. The van der Waals surface area contributed by atoms with Gasteiger partial charge in [0.2, 0.25) is 0 Å². The van der Waals surface area contributed by atoms with E-state index in [1.807, 2.05) is 0 Å². The molecule has 1 aromatic carbocycles. The van der Waals surface area contributed by atoms with Gasteiger partial charge in [-0.15, -0.1) is 0 Å². The van der Waals surface area contributed by atoms with Gasteiger partial charge in [0.25, 0.3) is 5.91 Å². The summed E-state index contributed by atoms with van der Waals surface area (Å²) < 4.78 is 10.9. The van der Waals surface area contributed by atoms with E-state index in [0.717, 1.165) is 25.0 Å². The van der Waals surface area contributed by atoms with Crippen LogP contribution in [0, 0.1) is 0 Å². The summed E-state index contributed by atoms with van der Waals surface area (Å²) in [5.41, 5.74) is 0. The summed E-state index contributed by atoms with van der Waals surface area (Å²) in [4.78, 5) is 22.1. The molecule has 1 unspecified atom stereocenters. The molecule has 1 amide bonds. The van der Waals surface area contributed by atoms with Crippen LogP contribution in [0.2, 0.25) is 0 Å². The van der Waals surface area contributed by atoms with E-state index >= 15 is 0 Å². The molecule has 0 radical (unpaired) electrons. The zero-order valence-electron chi connectivity index (χ0n) is 13.0. The van der Waals surface area contributed by atoms with E-state index in [9.17, 15) is 9.59 Å². The van der Waals surface area contributed by atoms with Crippen molar-refractivity contribution in [2.45, 2.75) is 39.2 Å². The first-order chi connectivity index (χ1) is 10.5. The third-order valence-corrected chi connectivity index (χ3v) is 2.96. The predicted octanol–water partition coefficient (Wildman–Crippen LogP) is 2.22. The topological polar surface area (TPSA) is 84.9 Å². The number of carbonyl (C=O) groups excluding carboxylic acids is 1. The number of hydrogen-bond donors (Lipinski definition) is 2. The van der Waals surface area contributed by atoms with Gasteiger partial charge in [-0.05, 0) is 37.6 Å². The molecular weight excluding hydrogens is 286 g/mol. The van der Waals surface area contributed by atoms with Crippen molar-refractivity contribution >= 4 is 11.9 Å². The van der Waals surface area contributed by atoms with Crippen LogP contribution >= 0.6 is 0 Å². The largest absolute Gasteiger partial charge is 0.494 e. The Bertz CT molecular complexity index is 472. The van der Waals surface area contributed by atoms with Crippen LogP contribution in [-0.2, 0) is 9.59 Å². The number of aliphatic carboxylic acids is 1. The number of hydrogen-bond acceptors (Lipinski definition) is 4. The van der Waals surface area contributed by atoms with Crippen LogP contribution in [-0.4, -0.2) is 36.2 Å². The minimum atomic E-state index is -1.09. The fourth-order valence-electron chi connectivity index (χ4n) is 1.67. The molecule has 0 saturated carbocycles. The number of benzene rings is 1. The van der Waals surface area contributed by atoms with Gasteiger partial charge in [0.1, 0.15) is 17.5 Å². The van der Waals surface area contributed by atoms with E-state index in [-0.39, 0.29) is 6.61 Å². The lowest BCUT2D eigenvalue weighted by molar-refractivity contribution is -0.141. The summed E-state index contributed by atoms with van der Waals surface area (Å²) >= 11 is 0. The Balaban J connectivity index is 2.32. The second-order valence-electron chi connectivity index (χ2n) is 4.94. The minimum absolute atomic E-state index is 0.228. The highest BCUT2D eigenvalue weighted by Crippen LogP contribution is 2.17. The monoisotopic (exact) mass is 309 g/mol. The quantitative estimate of drug-likeness (QED) is 0.647. The zero-order chi connectivity index (χ0) is 16.4. The molecule has 0 heterocycles. The molecule has 1 atom stereocenters. The Hall–Kier alpha value is -2.24. The number of ether oxygens (including phenoxy) is 2. The molecule has 0 aliphatic heterocycles. The van der Waals surface area contributed by atoms with Crippen LogP contribution < -0.4 is 14.8 Å². The Morgan fingerprint density at radius 3 is 2.27 bits per heavy atom. The second-order valence-corrected chi connectivity index (χ2v) is 4.94. The molecule has 22 heavy (non-hydrogen) atoms. The molecule has 0 fully saturated rings. The first kappa shape index (κ1) is 17.8. The van der Waals surface area contributed by atoms with Gasteiger partial charge in [-0.3, -0.25) is 9.59 Å². The molecule has 1 aromatic rings. The molecule has 0 aliphatic carbocycles. The lowest BCUT2D eigenvalue weighted by Gasteiger charge is -2.11. The van der Waals surface area contributed by atoms with Gasteiger partial charge < -0.3 is 19.9 Å². The Morgan fingerprint density at radius 1 is 1.14 bits per heavy atom. The molecular formula is C16H23NO5. The number of carboxylic acids is 1. The van der Waals surface area contributed by atoms with E-state index in [1.165, 1.54) is 6.92 Å². The highest BCUT2D eigenvalue weighted by atomic mass is 16.5. The van der Waals surface area contributed by atoms with Crippen molar-refractivity contribution in [3.63, 3.8) is 0 Å². The van der Waals surface area contributed by atoms with Crippen LogP contribution in [0.1, 0.15) is 33.1 Å². The van der Waals surface area contributed by atoms with Gasteiger partial charge in [-0.1, -0.05) is 19.8 Å². The van der Waals surface area contributed by atoms with E-state index in [2.05, 4.69) is 12.2 Å². The summed E-state index contributed by atoms with van der Waals surface area (Å²) in [6.07, 6.45) is 3.32. The summed E-state index contributed by atoms with van der Waals surface area (Å²) in [6.45, 7) is 3.99. The first-order valence-corrected chi connectivity index (χ1v) is 7.40. The van der Waals surface area contributed by atoms with Gasteiger partial charge in [0, 0.05) is 0 Å². The number of carboxylic acid groups (broad SMARTS) is 1. The Kier molecular flexibility index (Phi) is 7.81. The average molecular weight is 309 g/mol. The van der Waals surface area contributed by atoms with E-state index in [4.69, 9.17) is 14.6 Å². The van der Waals surface area contributed by atoms with Crippen molar-refractivity contribution in [2.75, 3.05) is 13.2 Å². The molecule has 0 spiro atoms. The number of unbranched alkanes of at least 4 members (excludes halogenated alkanes) is 2. The van der Waals surface area contributed by atoms with Gasteiger partial charge >= 0.3 is 5.97 Å². The van der Waals surface area contributed by atoms with Crippen molar-refractivity contribution in [2.24, 2.45) is 0 Å². The normalized spacial score (nSPS) is 11.5. The van der Waals surface area contributed by atoms with Crippen molar-refractivity contribution < 1.29 is 24.2 Å². The van der Waals surface area contributed by atoms with E-state index in [0.29, 0.717) is 12.4 Å². The van der Waals surface area contributed by atoms with Crippen LogP contribution in [0.3, 0.4) is 0 Å². The molecule has 6 heteroatoms. The van der Waals surface area contributed by atoms with Gasteiger partial charge in [-0.25, -0.2) is 0 Å². The van der Waals surface area contributed by atoms with E-state index < -0.39 is 17.9 Å². The third-order valence-electron chi connectivity index (χ3n) is 2.96. The zero-order valence-corrected chi connectivity index (χ0v) is 13.0. The van der Waals surface area contributed by atoms with Crippen LogP contribution in [0.15, 0.2) is 24.3 Å². The summed E-state index contributed by atoms with van der Waals surface area (Å²) in [7, 11) is 0. The second kappa shape index (κ2) is 9.65. The van der Waals surface area contributed by atoms with E-state index in [1.54, 1.807) is 24.3 Å². The lowest BCUT2D eigenvalue weighted by atomic mass is 10.3. The lowest BCUT2D eigenvalue weighted by Crippen LogP contribution is -2.40. The third kappa shape index (κ3) is 6.97. The molecule has 0 saturated heterocycles. The van der Waals surface area contributed by atoms with Crippen molar-refractivity contribution in [1.29, 1.82) is 0 Å². The summed E-state index contributed by atoms with van der Waals surface area (Å²) in [6, 6.07) is 6.04. The number of nitrogens with one attached hydrogen (secondary N) is 1. The maximum atomic E-state index is 11.5. The van der Waals surface area contributed by atoms with Crippen molar-refractivity contribution in [3.8, 4) is 11.5 Å². The fraction of sp³-hybridized carbons (Fsp3) is 0.500. The van der Waals surface area contributed by atoms with Gasteiger partial charge in [0.15, 0.2) is 6.61 Å². The molecule has 6 nitrogen and oxygen atoms in total. The Morgan fingerprint density at radius 2 is 1.73 bits per heavy atom. The van der Waals surface area contributed by atoms with Gasteiger partial charge in [-0.2, -0.15) is 0 Å². The van der Waals surface area contributed by atoms with Crippen molar-refractivity contribution in [3.05, 3.63) is 24.3 Å². The highest BCUT2D eigenvalue weighted by Gasteiger charge is 2.13. The van der Waals surface area contributed by atoms with Gasteiger partial charge in [0.05, 0.1) is 6.61 Å². The average Bonchev–Trinajstić information content (AvgIpc) is 2.50. The maximum Gasteiger partial charge on any atom is 0.325 e. The van der Waals surface area contributed by atoms with Crippen LogP contribution in [0.25, 0.3) is 0 Å². The molecule has 2 N–H and O–H groups in total. The number of amides is 1. The number of carbonyl (C=O) groups is 2. The van der Waals surface area contributed by atoms with Crippen molar-refractivity contribution in [1.82, 2.24) is 5.32 Å². The SMILES string of the molecule is CCCCCOc1ccc(OCC(=O)NC(C)C(=O)O)cc1. The smallest absolute Gasteiger partial charge is 0.325 e. The Labute approximate surface area is 130 Å². The standard InChI is InChI=1S/C16H23NO5/c1-3-4-5-10-21-13-6-8-14(9-7-13)22-11-15(18)17-12(2)16(19)20/h6-9,12H,3-5,10-11H2,1-2H3,(H,17,18)(H,19,20). The summed E-state index contributed by atoms with van der Waals surface area (Å²) in [5, 5.41) is 11.0. The molecule has 0 aliphatic rings. The fourth-order valence-corrected chi connectivity index (χ4v) is 1.67. The molecule has 0 bridgehead atoms. The van der Waals surface area contributed by atoms with Crippen LogP contribution in [0.5, 0.6) is 11.5 Å². The first-order valence-electron chi connectivity index (χ1n) is 7.40. The predicted molar refractivity (Wildman–Crippen MR) is 82.2 cm³/mol. The highest BCUT2D eigenvalue weighted by molar-refractivity contribution is 5.84.